The first-order valence-corrected chi connectivity index (χ1v) is 7.26. The van der Waals surface area contributed by atoms with Crippen molar-refractivity contribution < 1.29 is 4.74 Å². The van der Waals surface area contributed by atoms with E-state index in [9.17, 15) is 0 Å². The van der Waals surface area contributed by atoms with Crippen molar-refractivity contribution in [1.29, 1.82) is 0 Å². The zero-order valence-corrected chi connectivity index (χ0v) is 12.0. The van der Waals surface area contributed by atoms with Gasteiger partial charge in [-0.15, -0.1) is 11.6 Å². The number of ether oxygens (including phenoxy) is 1. The van der Waals surface area contributed by atoms with E-state index < -0.39 is 0 Å². The molecule has 96 valence electrons. The molecule has 0 aromatic heterocycles. The zero-order chi connectivity index (χ0) is 12.2. The van der Waals surface area contributed by atoms with Gasteiger partial charge < -0.3 is 4.74 Å². The maximum absolute atomic E-state index is 6.35. The Kier molecular flexibility index (Phi) is 5.60. The Labute approximate surface area is 106 Å². The molecule has 1 aliphatic carbocycles. The summed E-state index contributed by atoms with van der Waals surface area (Å²) in [7, 11) is 0. The maximum Gasteiger partial charge on any atom is 0.0659 e. The number of rotatable bonds is 7. The fraction of sp³-hybridized carbons (Fsp3) is 1.00. The lowest BCUT2D eigenvalue weighted by atomic mass is 9.62. The van der Waals surface area contributed by atoms with Crippen LogP contribution in [0, 0.1) is 11.3 Å². The first-order valence-electron chi connectivity index (χ1n) is 6.82. The van der Waals surface area contributed by atoms with Crippen LogP contribution in [0.5, 0.6) is 0 Å². The summed E-state index contributed by atoms with van der Waals surface area (Å²) in [6.07, 6.45) is 6.20. The van der Waals surface area contributed by atoms with Crippen LogP contribution in [-0.2, 0) is 4.74 Å². The lowest BCUT2D eigenvalue weighted by molar-refractivity contribution is -0.112. The van der Waals surface area contributed by atoms with Gasteiger partial charge in [0.15, 0.2) is 0 Å². The molecule has 0 aliphatic heterocycles. The molecule has 0 aromatic carbocycles. The summed E-state index contributed by atoms with van der Waals surface area (Å²) in [5.41, 5.74) is 0.263. The smallest absolute Gasteiger partial charge is 0.0659 e. The van der Waals surface area contributed by atoms with Gasteiger partial charge in [-0.05, 0) is 38.0 Å². The van der Waals surface area contributed by atoms with Gasteiger partial charge in [-0.1, -0.05) is 27.7 Å². The summed E-state index contributed by atoms with van der Waals surface area (Å²) in [5.74, 6) is 0.785. The van der Waals surface area contributed by atoms with Crippen molar-refractivity contribution in [3.8, 4) is 0 Å². The highest BCUT2D eigenvalue weighted by molar-refractivity contribution is 6.21. The average Bonchev–Trinajstić information content (AvgIpc) is 2.24. The van der Waals surface area contributed by atoms with E-state index >= 15 is 0 Å². The molecule has 2 unspecified atom stereocenters. The van der Waals surface area contributed by atoms with Crippen molar-refractivity contribution in [3.05, 3.63) is 0 Å². The Hall–Kier alpha value is 0.250. The molecular weight excluding hydrogens is 220 g/mol. The quantitative estimate of drug-likeness (QED) is 0.470. The SMILES string of the molecule is CCC1(CC)C(Cl)CC1OCCCC(C)C. The van der Waals surface area contributed by atoms with Crippen molar-refractivity contribution in [1.82, 2.24) is 0 Å². The number of hydrogen-bond acceptors (Lipinski definition) is 1. The van der Waals surface area contributed by atoms with Crippen LogP contribution in [0.1, 0.15) is 59.8 Å². The van der Waals surface area contributed by atoms with Crippen LogP contribution >= 0.6 is 11.6 Å². The van der Waals surface area contributed by atoms with E-state index in [-0.39, 0.29) is 5.41 Å². The molecule has 1 fully saturated rings. The fourth-order valence-corrected chi connectivity index (χ4v) is 3.41. The summed E-state index contributed by atoms with van der Waals surface area (Å²) in [6, 6.07) is 0. The van der Waals surface area contributed by atoms with Gasteiger partial charge in [-0.25, -0.2) is 0 Å². The molecule has 0 radical (unpaired) electrons. The predicted molar refractivity (Wildman–Crippen MR) is 71.1 cm³/mol. The molecule has 0 saturated heterocycles. The van der Waals surface area contributed by atoms with Crippen LogP contribution < -0.4 is 0 Å². The normalized spacial score (nSPS) is 28.1. The second-order valence-corrected chi connectivity index (χ2v) is 6.07. The Balaban J connectivity index is 2.27. The molecule has 1 nitrogen and oxygen atoms in total. The molecule has 0 N–H and O–H groups in total. The Morgan fingerprint density at radius 3 is 2.38 bits per heavy atom. The van der Waals surface area contributed by atoms with Gasteiger partial charge in [0.1, 0.15) is 0 Å². The molecule has 2 heteroatoms. The summed E-state index contributed by atoms with van der Waals surface area (Å²) in [5, 5.41) is 0.331. The average molecular weight is 247 g/mol. The van der Waals surface area contributed by atoms with Gasteiger partial charge in [0.25, 0.3) is 0 Å². The minimum absolute atomic E-state index is 0.263. The molecule has 0 heterocycles. The monoisotopic (exact) mass is 246 g/mol. The van der Waals surface area contributed by atoms with Crippen LogP contribution in [0.3, 0.4) is 0 Å². The third kappa shape index (κ3) is 2.92. The van der Waals surface area contributed by atoms with Crippen LogP contribution in [0.15, 0.2) is 0 Å². The van der Waals surface area contributed by atoms with E-state index in [2.05, 4.69) is 27.7 Å². The topological polar surface area (TPSA) is 9.23 Å². The Morgan fingerprint density at radius 2 is 1.94 bits per heavy atom. The van der Waals surface area contributed by atoms with Gasteiger partial charge in [0, 0.05) is 17.4 Å². The van der Waals surface area contributed by atoms with Crippen molar-refractivity contribution >= 4 is 11.6 Å². The van der Waals surface area contributed by atoms with E-state index in [4.69, 9.17) is 16.3 Å². The Bertz CT molecular complexity index is 199. The van der Waals surface area contributed by atoms with Gasteiger partial charge >= 0.3 is 0 Å². The molecule has 2 atom stereocenters. The van der Waals surface area contributed by atoms with Crippen LogP contribution in [0.4, 0.5) is 0 Å². The molecule has 0 aromatic rings. The zero-order valence-electron chi connectivity index (χ0n) is 11.3. The molecule has 1 rings (SSSR count). The van der Waals surface area contributed by atoms with Crippen LogP contribution in [-0.4, -0.2) is 18.1 Å². The maximum atomic E-state index is 6.35. The number of halogens is 1. The summed E-state index contributed by atoms with van der Waals surface area (Å²) in [6.45, 7) is 9.92. The van der Waals surface area contributed by atoms with Gasteiger partial charge in [0.05, 0.1) is 6.10 Å². The highest BCUT2D eigenvalue weighted by Gasteiger charge is 2.52. The second kappa shape index (κ2) is 6.26. The largest absolute Gasteiger partial charge is 0.378 e. The Morgan fingerprint density at radius 1 is 1.31 bits per heavy atom. The molecule has 1 saturated carbocycles. The number of alkyl halides is 1. The van der Waals surface area contributed by atoms with E-state index in [0.29, 0.717) is 11.5 Å². The first kappa shape index (κ1) is 14.3. The van der Waals surface area contributed by atoms with Crippen molar-refractivity contribution in [2.75, 3.05) is 6.61 Å². The summed E-state index contributed by atoms with van der Waals surface area (Å²) < 4.78 is 6.01. The van der Waals surface area contributed by atoms with Crippen LogP contribution in [0.25, 0.3) is 0 Å². The van der Waals surface area contributed by atoms with E-state index in [1.165, 1.54) is 12.8 Å². The molecule has 0 bridgehead atoms. The van der Waals surface area contributed by atoms with Crippen LogP contribution in [0.2, 0.25) is 0 Å². The summed E-state index contributed by atoms with van der Waals surface area (Å²) >= 11 is 6.35. The lowest BCUT2D eigenvalue weighted by Gasteiger charge is -2.52. The highest BCUT2D eigenvalue weighted by atomic mass is 35.5. The van der Waals surface area contributed by atoms with Crippen molar-refractivity contribution in [2.24, 2.45) is 11.3 Å². The van der Waals surface area contributed by atoms with E-state index in [1.54, 1.807) is 0 Å². The standard InChI is InChI=1S/C14H27ClO/c1-5-14(6-2)12(15)10-13(14)16-9-7-8-11(3)4/h11-13H,5-10H2,1-4H3. The van der Waals surface area contributed by atoms with E-state index in [0.717, 1.165) is 31.8 Å². The van der Waals surface area contributed by atoms with Crippen molar-refractivity contribution in [3.63, 3.8) is 0 Å². The fourth-order valence-electron chi connectivity index (χ4n) is 2.80. The molecule has 0 amide bonds. The third-order valence-electron chi connectivity index (χ3n) is 4.25. The second-order valence-electron chi connectivity index (χ2n) is 5.54. The third-order valence-corrected chi connectivity index (χ3v) is 4.86. The first-order chi connectivity index (χ1) is 7.56. The molecule has 1 aliphatic rings. The predicted octanol–water partition coefficient (Wildman–Crippen LogP) is 4.63. The minimum Gasteiger partial charge on any atom is -0.378 e. The van der Waals surface area contributed by atoms with Gasteiger partial charge in [-0.3, -0.25) is 0 Å². The number of hydrogen-bond donors (Lipinski definition) is 0. The highest BCUT2D eigenvalue weighted by Crippen LogP contribution is 2.51. The minimum atomic E-state index is 0.263. The molecular formula is C14H27ClO. The van der Waals surface area contributed by atoms with Gasteiger partial charge in [0.2, 0.25) is 0 Å². The van der Waals surface area contributed by atoms with E-state index in [1.807, 2.05) is 0 Å². The summed E-state index contributed by atoms with van der Waals surface area (Å²) in [4.78, 5) is 0. The molecule has 0 spiro atoms. The molecule has 16 heavy (non-hydrogen) atoms. The van der Waals surface area contributed by atoms with Crippen molar-refractivity contribution in [2.45, 2.75) is 71.3 Å². The van der Waals surface area contributed by atoms with Gasteiger partial charge in [-0.2, -0.15) is 0 Å². The lowest BCUT2D eigenvalue weighted by Crippen LogP contribution is -2.55.